The second-order valence-corrected chi connectivity index (χ2v) is 5.51. The van der Waals surface area contributed by atoms with Crippen molar-refractivity contribution in [1.29, 1.82) is 5.41 Å². The van der Waals surface area contributed by atoms with Gasteiger partial charge in [0.15, 0.2) is 5.17 Å². The highest BCUT2D eigenvalue weighted by atomic mass is 32.2. The maximum Gasteiger partial charge on any atom is 0.419 e. The summed E-state index contributed by atoms with van der Waals surface area (Å²) < 4.78 is 51.1. The van der Waals surface area contributed by atoms with Crippen LogP contribution in [0, 0.1) is 11.2 Å². The van der Waals surface area contributed by atoms with Crippen molar-refractivity contribution in [2.24, 2.45) is 0 Å². The topological polar surface area (TPSA) is 27.1 Å². The van der Waals surface area contributed by atoms with E-state index in [0.717, 1.165) is 18.6 Å². The van der Waals surface area contributed by atoms with Gasteiger partial charge in [-0.3, -0.25) is 5.41 Å². The molecule has 0 aliphatic carbocycles. The molecule has 19 heavy (non-hydrogen) atoms. The van der Waals surface area contributed by atoms with E-state index in [1.54, 1.807) is 0 Å². The second kappa shape index (κ2) is 5.03. The van der Waals surface area contributed by atoms with Crippen LogP contribution in [0.2, 0.25) is 0 Å². The molecule has 0 saturated carbocycles. The SMILES string of the molecule is CCC1CN(c2ccc(F)c(C(F)(F)F)c2)C(=N)S1. The number of thioether (sulfide) groups is 1. The minimum atomic E-state index is -4.72. The molecule has 0 spiro atoms. The summed E-state index contributed by atoms with van der Waals surface area (Å²) >= 11 is 1.32. The van der Waals surface area contributed by atoms with Gasteiger partial charge >= 0.3 is 6.18 Å². The van der Waals surface area contributed by atoms with Gasteiger partial charge in [0.05, 0.1) is 5.56 Å². The smallest absolute Gasteiger partial charge is 0.320 e. The van der Waals surface area contributed by atoms with E-state index in [-0.39, 0.29) is 16.1 Å². The zero-order chi connectivity index (χ0) is 14.2. The molecule has 1 aliphatic heterocycles. The van der Waals surface area contributed by atoms with E-state index in [9.17, 15) is 17.6 Å². The molecule has 1 aromatic carbocycles. The number of benzene rings is 1. The molecule has 1 unspecified atom stereocenters. The third kappa shape index (κ3) is 2.86. The van der Waals surface area contributed by atoms with Crippen LogP contribution >= 0.6 is 11.8 Å². The zero-order valence-corrected chi connectivity index (χ0v) is 10.9. The number of nitrogens with zero attached hydrogens (tertiary/aromatic N) is 1. The number of hydrogen-bond acceptors (Lipinski definition) is 2. The van der Waals surface area contributed by atoms with Crippen LogP contribution in [-0.2, 0) is 6.18 Å². The molecule has 1 fully saturated rings. The Morgan fingerprint density at radius 1 is 1.42 bits per heavy atom. The molecule has 1 saturated heterocycles. The molecule has 1 heterocycles. The number of anilines is 1. The van der Waals surface area contributed by atoms with E-state index in [1.165, 1.54) is 22.7 Å². The highest BCUT2D eigenvalue weighted by molar-refractivity contribution is 8.15. The highest BCUT2D eigenvalue weighted by Crippen LogP contribution is 2.36. The van der Waals surface area contributed by atoms with Gasteiger partial charge in [-0.05, 0) is 24.6 Å². The molecule has 1 atom stereocenters. The van der Waals surface area contributed by atoms with Crippen molar-refractivity contribution in [3.63, 3.8) is 0 Å². The largest absolute Gasteiger partial charge is 0.419 e. The van der Waals surface area contributed by atoms with Crippen molar-refractivity contribution < 1.29 is 17.6 Å². The Hall–Kier alpha value is -1.24. The molecule has 1 N–H and O–H groups in total. The summed E-state index contributed by atoms with van der Waals surface area (Å²) in [5.41, 5.74) is -1.08. The third-order valence-electron chi connectivity index (χ3n) is 2.93. The molecule has 0 amide bonds. The summed E-state index contributed by atoms with van der Waals surface area (Å²) in [4.78, 5) is 1.48. The van der Waals surface area contributed by atoms with Crippen LogP contribution in [0.3, 0.4) is 0 Å². The molecule has 7 heteroatoms. The number of alkyl halides is 3. The van der Waals surface area contributed by atoms with Crippen LogP contribution < -0.4 is 4.90 Å². The Labute approximate surface area is 112 Å². The predicted octanol–water partition coefficient (Wildman–Crippen LogP) is 4.11. The Bertz CT molecular complexity index is 501. The van der Waals surface area contributed by atoms with Crippen LogP contribution in [-0.4, -0.2) is 17.0 Å². The fraction of sp³-hybridized carbons (Fsp3) is 0.417. The molecule has 2 nitrogen and oxygen atoms in total. The van der Waals surface area contributed by atoms with Crippen LogP contribution in [0.25, 0.3) is 0 Å². The first-order valence-electron chi connectivity index (χ1n) is 5.72. The van der Waals surface area contributed by atoms with Gasteiger partial charge in [-0.2, -0.15) is 13.2 Å². The lowest BCUT2D eigenvalue weighted by Gasteiger charge is -2.19. The lowest BCUT2D eigenvalue weighted by molar-refractivity contribution is -0.139. The molecule has 0 bridgehead atoms. The first kappa shape index (κ1) is 14.2. The predicted molar refractivity (Wildman–Crippen MR) is 68.1 cm³/mol. The fourth-order valence-corrected chi connectivity index (χ4v) is 2.89. The molecular weight excluding hydrogens is 280 g/mol. The van der Waals surface area contributed by atoms with Crippen LogP contribution in [0.5, 0.6) is 0 Å². The number of rotatable bonds is 2. The van der Waals surface area contributed by atoms with Gasteiger partial charge in [0, 0.05) is 17.5 Å². The second-order valence-electron chi connectivity index (χ2n) is 4.23. The van der Waals surface area contributed by atoms with E-state index in [4.69, 9.17) is 5.41 Å². The van der Waals surface area contributed by atoms with Gasteiger partial charge in [0.25, 0.3) is 0 Å². The maximum atomic E-state index is 13.2. The van der Waals surface area contributed by atoms with E-state index in [1.807, 2.05) is 6.92 Å². The molecule has 0 radical (unpaired) electrons. The Kier molecular flexibility index (Phi) is 3.75. The van der Waals surface area contributed by atoms with Gasteiger partial charge in [-0.15, -0.1) is 0 Å². The molecule has 1 aliphatic rings. The summed E-state index contributed by atoms with van der Waals surface area (Å²) in [6, 6.07) is 2.84. The summed E-state index contributed by atoms with van der Waals surface area (Å²) in [6.45, 7) is 2.43. The van der Waals surface area contributed by atoms with Gasteiger partial charge in [0.2, 0.25) is 0 Å². The maximum absolute atomic E-state index is 13.2. The lowest BCUT2D eigenvalue weighted by atomic mass is 10.1. The van der Waals surface area contributed by atoms with Crippen molar-refractivity contribution in [2.45, 2.75) is 24.8 Å². The molecule has 1 aromatic rings. The quantitative estimate of drug-likeness (QED) is 0.830. The van der Waals surface area contributed by atoms with Crippen molar-refractivity contribution in [3.8, 4) is 0 Å². The summed E-state index contributed by atoms with van der Waals surface area (Å²) in [7, 11) is 0. The molecule has 104 valence electrons. The molecule has 2 rings (SSSR count). The zero-order valence-electron chi connectivity index (χ0n) is 10.1. The Balaban J connectivity index is 2.34. The van der Waals surface area contributed by atoms with Gasteiger partial charge < -0.3 is 4.90 Å². The first-order chi connectivity index (χ1) is 8.82. The van der Waals surface area contributed by atoms with Gasteiger partial charge in [0.1, 0.15) is 5.82 Å². The average Bonchev–Trinajstić information content (AvgIpc) is 2.70. The molecule has 0 aromatic heterocycles. The minimum absolute atomic E-state index is 0.187. The number of halogens is 4. The standard InChI is InChI=1S/C12H12F4N2S/c1-2-8-6-18(11(17)19-8)7-3-4-10(13)9(5-7)12(14,15)16/h3-5,8,17H,2,6H2,1H3. The monoisotopic (exact) mass is 292 g/mol. The first-order valence-corrected chi connectivity index (χ1v) is 6.60. The molecular formula is C12H12F4N2S. The Morgan fingerprint density at radius 2 is 2.11 bits per heavy atom. The summed E-state index contributed by atoms with van der Waals surface area (Å²) in [6.07, 6.45) is -3.89. The van der Waals surface area contributed by atoms with E-state index >= 15 is 0 Å². The van der Waals surface area contributed by atoms with Crippen molar-refractivity contribution in [1.82, 2.24) is 0 Å². The Morgan fingerprint density at radius 3 is 2.63 bits per heavy atom. The van der Waals surface area contributed by atoms with Crippen molar-refractivity contribution >= 4 is 22.6 Å². The van der Waals surface area contributed by atoms with Crippen LogP contribution in [0.4, 0.5) is 23.2 Å². The van der Waals surface area contributed by atoms with Crippen molar-refractivity contribution in [3.05, 3.63) is 29.6 Å². The van der Waals surface area contributed by atoms with E-state index in [0.29, 0.717) is 6.54 Å². The third-order valence-corrected chi connectivity index (χ3v) is 4.19. The number of nitrogens with one attached hydrogen (secondary N) is 1. The average molecular weight is 292 g/mol. The van der Waals surface area contributed by atoms with Crippen LogP contribution in [0.1, 0.15) is 18.9 Å². The normalized spacial score (nSPS) is 20.2. The van der Waals surface area contributed by atoms with Gasteiger partial charge in [-0.25, -0.2) is 4.39 Å². The van der Waals surface area contributed by atoms with E-state index in [2.05, 4.69) is 0 Å². The van der Waals surface area contributed by atoms with Crippen LogP contribution in [0.15, 0.2) is 18.2 Å². The minimum Gasteiger partial charge on any atom is -0.320 e. The number of hydrogen-bond donors (Lipinski definition) is 1. The highest BCUT2D eigenvalue weighted by Gasteiger charge is 2.36. The summed E-state index contributed by atoms with van der Waals surface area (Å²) in [5.74, 6) is -1.29. The summed E-state index contributed by atoms with van der Waals surface area (Å²) in [5, 5.41) is 8.16. The lowest BCUT2D eigenvalue weighted by Crippen LogP contribution is -2.25. The van der Waals surface area contributed by atoms with E-state index < -0.39 is 17.6 Å². The van der Waals surface area contributed by atoms with Crippen molar-refractivity contribution in [2.75, 3.05) is 11.4 Å². The fourth-order valence-electron chi connectivity index (χ4n) is 1.88. The van der Waals surface area contributed by atoms with Gasteiger partial charge in [-0.1, -0.05) is 18.7 Å². The number of amidine groups is 1.